The lowest BCUT2D eigenvalue weighted by atomic mass is 9.88. The van der Waals surface area contributed by atoms with E-state index >= 15 is 0 Å². The van der Waals surface area contributed by atoms with Crippen molar-refractivity contribution in [3.63, 3.8) is 0 Å². The van der Waals surface area contributed by atoms with Crippen LogP contribution in [-0.4, -0.2) is 18.4 Å². The fourth-order valence-electron chi connectivity index (χ4n) is 1.77. The number of hydrogen-bond donors (Lipinski definition) is 0. The van der Waals surface area contributed by atoms with Gasteiger partial charge in [-0.05, 0) is 31.0 Å². The van der Waals surface area contributed by atoms with Crippen LogP contribution in [0, 0.1) is 17.7 Å². The van der Waals surface area contributed by atoms with E-state index in [2.05, 4.69) is 15.9 Å². The average Bonchev–Trinajstić information content (AvgIpc) is 2.28. The molecule has 0 aliphatic carbocycles. The van der Waals surface area contributed by atoms with Gasteiger partial charge in [-0.3, -0.25) is 9.59 Å². The third kappa shape index (κ3) is 3.86. The Labute approximate surface area is 120 Å². The van der Waals surface area contributed by atoms with E-state index in [1.54, 1.807) is 26.8 Å². The predicted molar refractivity (Wildman–Crippen MR) is 73.4 cm³/mol. The Hall–Kier alpha value is -1.23. The van der Waals surface area contributed by atoms with Crippen LogP contribution >= 0.6 is 15.9 Å². The lowest BCUT2D eigenvalue weighted by molar-refractivity contribution is -0.147. The van der Waals surface area contributed by atoms with E-state index in [9.17, 15) is 14.0 Å². The Morgan fingerprint density at radius 1 is 1.37 bits per heavy atom. The highest BCUT2D eigenvalue weighted by molar-refractivity contribution is 9.10. The summed E-state index contributed by atoms with van der Waals surface area (Å²) in [7, 11) is 0. The maximum atomic E-state index is 13.8. The van der Waals surface area contributed by atoms with E-state index < -0.39 is 23.5 Å². The zero-order valence-electron chi connectivity index (χ0n) is 11.1. The molecular weight excluding hydrogens is 315 g/mol. The predicted octanol–water partition coefficient (Wildman–Crippen LogP) is 3.61. The molecule has 0 radical (unpaired) electrons. The summed E-state index contributed by atoms with van der Waals surface area (Å²) < 4.78 is 19.2. The van der Waals surface area contributed by atoms with Crippen molar-refractivity contribution in [3.05, 3.63) is 34.1 Å². The van der Waals surface area contributed by atoms with Crippen LogP contribution in [0.25, 0.3) is 0 Å². The first-order chi connectivity index (χ1) is 8.88. The summed E-state index contributed by atoms with van der Waals surface area (Å²) in [6.45, 7) is 5.32. The average molecular weight is 331 g/mol. The lowest BCUT2D eigenvalue weighted by Gasteiger charge is -2.18. The fourth-order valence-corrected chi connectivity index (χ4v) is 2.10. The van der Waals surface area contributed by atoms with Gasteiger partial charge >= 0.3 is 5.97 Å². The number of carbonyl (C=O) groups is 2. The summed E-state index contributed by atoms with van der Waals surface area (Å²) in [5.41, 5.74) is -0.0880. The largest absolute Gasteiger partial charge is 0.465 e. The van der Waals surface area contributed by atoms with Crippen LogP contribution in [0.2, 0.25) is 0 Å². The van der Waals surface area contributed by atoms with Crippen LogP contribution in [0.4, 0.5) is 4.39 Å². The van der Waals surface area contributed by atoms with Crippen LogP contribution < -0.4 is 0 Å². The molecule has 3 nitrogen and oxygen atoms in total. The third-order valence-electron chi connectivity index (χ3n) is 2.69. The summed E-state index contributed by atoms with van der Waals surface area (Å²) in [5, 5.41) is 0. The Kier molecular flexibility index (Phi) is 5.66. The number of esters is 1. The summed E-state index contributed by atoms with van der Waals surface area (Å²) in [5.74, 6) is -3.03. The van der Waals surface area contributed by atoms with E-state index in [0.29, 0.717) is 4.47 Å². The van der Waals surface area contributed by atoms with Crippen LogP contribution in [0.3, 0.4) is 0 Å². The molecule has 1 rings (SSSR count). The minimum Gasteiger partial charge on any atom is -0.465 e. The van der Waals surface area contributed by atoms with Crippen molar-refractivity contribution in [1.82, 2.24) is 0 Å². The second-order valence-corrected chi connectivity index (χ2v) is 5.38. The normalized spacial score (nSPS) is 12.3. The van der Waals surface area contributed by atoms with Crippen molar-refractivity contribution >= 4 is 27.7 Å². The van der Waals surface area contributed by atoms with E-state index in [4.69, 9.17) is 4.74 Å². The number of carbonyl (C=O) groups excluding carboxylic acids is 2. The summed E-state index contributed by atoms with van der Waals surface area (Å²) in [4.78, 5) is 24.1. The Morgan fingerprint density at radius 2 is 2.00 bits per heavy atom. The molecule has 1 unspecified atom stereocenters. The smallest absolute Gasteiger partial charge is 0.317 e. The number of hydrogen-bond acceptors (Lipinski definition) is 3. The van der Waals surface area contributed by atoms with Gasteiger partial charge in [0.05, 0.1) is 12.2 Å². The molecule has 0 spiro atoms. The summed E-state index contributed by atoms with van der Waals surface area (Å²) >= 11 is 3.12. The van der Waals surface area contributed by atoms with Crippen molar-refractivity contribution < 1.29 is 18.7 Å². The molecule has 0 saturated carbocycles. The highest BCUT2D eigenvalue weighted by Gasteiger charge is 2.33. The van der Waals surface area contributed by atoms with Gasteiger partial charge in [0.2, 0.25) is 0 Å². The van der Waals surface area contributed by atoms with E-state index in [1.807, 2.05) is 0 Å². The second-order valence-electron chi connectivity index (χ2n) is 4.46. The van der Waals surface area contributed by atoms with Crippen molar-refractivity contribution in [2.45, 2.75) is 20.8 Å². The Morgan fingerprint density at radius 3 is 2.47 bits per heavy atom. The molecule has 1 atom stereocenters. The number of benzene rings is 1. The molecule has 104 valence electrons. The lowest BCUT2D eigenvalue weighted by Crippen LogP contribution is -2.31. The van der Waals surface area contributed by atoms with Crippen molar-refractivity contribution in [2.24, 2.45) is 11.8 Å². The monoisotopic (exact) mass is 330 g/mol. The number of halogens is 2. The standard InChI is InChI=1S/C14H16BrFO3/c1-4-19-14(18)12(8(2)3)13(17)10-6-5-9(15)7-11(10)16/h5-8,12H,4H2,1-3H3. The second kappa shape index (κ2) is 6.80. The Bertz CT molecular complexity index is 486. The maximum absolute atomic E-state index is 13.8. The van der Waals surface area contributed by atoms with E-state index in [-0.39, 0.29) is 18.1 Å². The van der Waals surface area contributed by atoms with Gasteiger partial charge in [0.25, 0.3) is 0 Å². The van der Waals surface area contributed by atoms with Crippen LogP contribution in [0.15, 0.2) is 22.7 Å². The number of Topliss-reactive ketones (excluding diaryl/α,β-unsaturated/α-hetero) is 1. The van der Waals surface area contributed by atoms with Gasteiger partial charge in [-0.2, -0.15) is 0 Å². The molecule has 0 heterocycles. The van der Waals surface area contributed by atoms with E-state index in [1.165, 1.54) is 12.1 Å². The van der Waals surface area contributed by atoms with Gasteiger partial charge in [0.15, 0.2) is 5.78 Å². The number of ether oxygens (including phenoxy) is 1. The quantitative estimate of drug-likeness (QED) is 0.470. The SMILES string of the molecule is CCOC(=O)C(C(=O)c1ccc(Br)cc1F)C(C)C. The van der Waals surface area contributed by atoms with Gasteiger partial charge in [0.1, 0.15) is 11.7 Å². The first-order valence-corrected chi connectivity index (χ1v) is 6.83. The molecule has 0 aliphatic heterocycles. The molecule has 0 N–H and O–H groups in total. The van der Waals surface area contributed by atoms with Gasteiger partial charge < -0.3 is 4.74 Å². The van der Waals surface area contributed by atoms with Crippen molar-refractivity contribution in [2.75, 3.05) is 6.61 Å². The molecule has 0 bridgehead atoms. The molecular formula is C14H16BrFO3. The zero-order valence-corrected chi connectivity index (χ0v) is 12.7. The zero-order chi connectivity index (χ0) is 14.6. The minimum absolute atomic E-state index is 0.0880. The van der Waals surface area contributed by atoms with Crippen LogP contribution in [-0.2, 0) is 9.53 Å². The molecule has 1 aromatic rings. The number of rotatable bonds is 5. The van der Waals surface area contributed by atoms with Crippen molar-refractivity contribution in [3.8, 4) is 0 Å². The van der Waals surface area contributed by atoms with Crippen LogP contribution in [0.5, 0.6) is 0 Å². The topological polar surface area (TPSA) is 43.4 Å². The maximum Gasteiger partial charge on any atom is 0.317 e. The van der Waals surface area contributed by atoms with Gasteiger partial charge in [0, 0.05) is 4.47 Å². The van der Waals surface area contributed by atoms with Gasteiger partial charge in [-0.25, -0.2) is 4.39 Å². The number of ketones is 1. The third-order valence-corrected chi connectivity index (χ3v) is 3.18. The molecule has 19 heavy (non-hydrogen) atoms. The molecule has 5 heteroatoms. The summed E-state index contributed by atoms with van der Waals surface area (Å²) in [6.07, 6.45) is 0. The molecule has 0 fully saturated rings. The highest BCUT2D eigenvalue weighted by Crippen LogP contribution is 2.23. The fraction of sp³-hybridized carbons (Fsp3) is 0.429. The highest BCUT2D eigenvalue weighted by atomic mass is 79.9. The minimum atomic E-state index is -0.976. The van der Waals surface area contributed by atoms with Gasteiger partial charge in [-0.15, -0.1) is 0 Å². The summed E-state index contributed by atoms with van der Waals surface area (Å²) in [6, 6.07) is 4.14. The molecule has 0 amide bonds. The first-order valence-electron chi connectivity index (χ1n) is 6.04. The molecule has 0 aliphatic rings. The molecule has 0 saturated heterocycles. The van der Waals surface area contributed by atoms with Crippen molar-refractivity contribution in [1.29, 1.82) is 0 Å². The first kappa shape index (κ1) is 15.8. The van der Waals surface area contributed by atoms with E-state index in [0.717, 1.165) is 0 Å². The van der Waals surface area contributed by atoms with Gasteiger partial charge in [-0.1, -0.05) is 29.8 Å². The van der Waals surface area contributed by atoms with Crippen LogP contribution in [0.1, 0.15) is 31.1 Å². The molecule has 1 aromatic carbocycles. The molecule has 0 aromatic heterocycles. The Balaban J connectivity index is 3.09.